The van der Waals surface area contributed by atoms with Crippen LogP contribution in [0.5, 0.6) is 0 Å². The lowest BCUT2D eigenvalue weighted by molar-refractivity contribution is 0.771. The number of rotatable bonds is 6. The van der Waals surface area contributed by atoms with Crippen LogP contribution in [0.25, 0.3) is 90.5 Å². The molecule has 0 bridgehead atoms. The van der Waals surface area contributed by atoms with Gasteiger partial charge in [0.25, 0.3) is 0 Å². The third kappa shape index (κ3) is 3.99. The van der Waals surface area contributed by atoms with Crippen LogP contribution in [0.15, 0.2) is 166 Å². The summed E-state index contributed by atoms with van der Waals surface area (Å²) >= 11 is 0. The highest BCUT2D eigenvalue weighted by atomic mass is 14.7. The molecule has 1 atom stereocenters. The highest BCUT2D eigenvalue weighted by Gasteiger charge is 2.50. The van der Waals surface area contributed by atoms with Gasteiger partial charge in [-0.2, -0.15) is 0 Å². The largest absolute Gasteiger partial charge is 0.256 e. The van der Waals surface area contributed by atoms with E-state index in [-0.39, 0.29) is 0 Å². The van der Waals surface area contributed by atoms with Crippen LogP contribution in [0.2, 0.25) is 0 Å². The van der Waals surface area contributed by atoms with Crippen LogP contribution in [0, 0.1) is 0 Å². The minimum absolute atomic E-state index is 0.515. The molecule has 1 unspecified atom stereocenters. The SMILES string of the molecule is C=Cc1cccc(-c2c(C=C)c(C=C)c(-c3ccc4c(c3)-c3ncccc3C43c4ccccc4-c4cccc5cccc3c45)c3ccccc23)c1C=C. The molecule has 0 fully saturated rings. The lowest BCUT2D eigenvalue weighted by Gasteiger charge is -2.39. The fourth-order valence-electron chi connectivity index (χ4n) is 9.65. The van der Waals surface area contributed by atoms with Crippen LogP contribution < -0.4 is 0 Å². The fraction of sp³-hybridized carbons (Fsp3) is 0.0192. The predicted molar refractivity (Wildman–Crippen MR) is 227 cm³/mol. The van der Waals surface area contributed by atoms with Crippen molar-refractivity contribution in [1.29, 1.82) is 0 Å². The maximum Gasteiger partial charge on any atom is 0.0753 e. The second kappa shape index (κ2) is 11.6. The molecule has 8 aromatic rings. The molecule has 7 aromatic carbocycles. The van der Waals surface area contributed by atoms with E-state index in [4.69, 9.17) is 4.98 Å². The van der Waals surface area contributed by atoms with Gasteiger partial charge in [0.1, 0.15) is 0 Å². The fourth-order valence-corrected chi connectivity index (χ4v) is 9.65. The molecule has 1 heteroatoms. The van der Waals surface area contributed by atoms with Crippen LogP contribution in [0.4, 0.5) is 0 Å². The summed E-state index contributed by atoms with van der Waals surface area (Å²) < 4.78 is 0. The van der Waals surface area contributed by atoms with Gasteiger partial charge in [-0.3, -0.25) is 4.98 Å². The van der Waals surface area contributed by atoms with Crippen molar-refractivity contribution in [2.75, 3.05) is 0 Å². The summed E-state index contributed by atoms with van der Waals surface area (Å²) in [5, 5.41) is 4.86. The summed E-state index contributed by atoms with van der Waals surface area (Å²) in [6, 6.07) is 48.9. The zero-order chi connectivity index (χ0) is 35.8. The molecule has 248 valence electrons. The Bertz CT molecular complexity index is 2920. The van der Waals surface area contributed by atoms with E-state index in [0.717, 1.165) is 66.5 Å². The van der Waals surface area contributed by atoms with Crippen LogP contribution in [-0.2, 0) is 5.41 Å². The average Bonchev–Trinajstić information content (AvgIpc) is 3.51. The van der Waals surface area contributed by atoms with E-state index in [0.29, 0.717) is 0 Å². The maximum absolute atomic E-state index is 5.15. The molecule has 0 radical (unpaired) electrons. The van der Waals surface area contributed by atoms with Crippen molar-refractivity contribution in [2.24, 2.45) is 0 Å². The van der Waals surface area contributed by atoms with Gasteiger partial charge >= 0.3 is 0 Å². The molecular formula is C52H35N. The minimum atomic E-state index is -0.515. The maximum atomic E-state index is 5.15. The molecule has 0 N–H and O–H groups in total. The van der Waals surface area contributed by atoms with Crippen molar-refractivity contribution in [3.8, 4) is 44.6 Å². The summed E-state index contributed by atoms with van der Waals surface area (Å²) in [5.74, 6) is 0. The normalized spacial score (nSPS) is 14.8. The van der Waals surface area contributed by atoms with Crippen LogP contribution in [0.3, 0.4) is 0 Å². The zero-order valence-corrected chi connectivity index (χ0v) is 29.4. The zero-order valence-electron chi connectivity index (χ0n) is 29.4. The first-order valence-electron chi connectivity index (χ1n) is 18.1. The van der Waals surface area contributed by atoms with E-state index in [1.807, 2.05) is 30.5 Å². The number of benzene rings is 7. The van der Waals surface area contributed by atoms with E-state index < -0.39 is 5.41 Å². The quantitative estimate of drug-likeness (QED) is 0.171. The Morgan fingerprint density at radius 1 is 0.453 bits per heavy atom. The molecule has 1 aromatic heterocycles. The molecule has 0 amide bonds. The van der Waals surface area contributed by atoms with Gasteiger partial charge in [-0.05, 0) is 112 Å². The van der Waals surface area contributed by atoms with Gasteiger partial charge in [0.15, 0.2) is 0 Å². The molecule has 10 rings (SSSR count). The number of hydrogen-bond donors (Lipinski definition) is 0. The molecule has 0 saturated carbocycles. The highest BCUT2D eigenvalue weighted by molar-refractivity contribution is 6.13. The monoisotopic (exact) mass is 673 g/mol. The van der Waals surface area contributed by atoms with E-state index in [1.165, 1.54) is 44.2 Å². The lowest BCUT2D eigenvalue weighted by atomic mass is 9.61. The second-order valence-corrected chi connectivity index (χ2v) is 13.9. The van der Waals surface area contributed by atoms with Gasteiger partial charge in [-0.15, -0.1) is 0 Å². The van der Waals surface area contributed by atoms with Crippen molar-refractivity contribution >= 4 is 45.8 Å². The topological polar surface area (TPSA) is 12.9 Å². The second-order valence-electron chi connectivity index (χ2n) is 13.9. The molecule has 1 heterocycles. The molecule has 1 spiro atoms. The van der Waals surface area contributed by atoms with E-state index in [9.17, 15) is 0 Å². The molecule has 2 aliphatic carbocycles. The summed E-state index contributed by atoms with van der Waals surface area (Å²) in [6.45, 7) is 17.0. The molecular weight excluding hydrogens is 639 g/mol. The van der Waals surface area contributed by atoms with Crippen molar-refractivity contribution in [3.63, 3.8) is 0 Å². The van der Waals surface area contributed by atoms with Gasteiger partial charge in [0.2, 0.25) is 0 Å². The molecule has 0 saturated heterocycles. The van der Waals surface area contributed by atoms with Crippen LogP contribution >= 0.6 is 0 Å². The Morgan fingerprint density at radius 2 is 1.08 bits per heavy atom. The van der Waals surface area contributed by atoms with Crippen molar-refractivity contribution in [2.45, 2.75) is 5.41 Å². The third-order valence-corrected chi connectivity index (χ3v) is 11.6. The van der Waals surface area contributed by atoms with Crippen molar-refractivity contribution in [3.05, 3.63) is 210 Å². The van der Waals surface area contributed by atoms with Gasteiger partial charge in [0.05, 0.1) is 11.1 Å². The Morgan fingerprint density at radius 3 is 1.87 bits per heavy atom. The standard InChI is InChI=1S/C52H35N/c1-5-32-17-13-23-39(35(32)6-2)50-37(8-4)36(7-3)48(41-21-9-10-22-42(41)50)34-28-29-45-43(31-34)51-47(27-16-30-53-51)52(45)44-25-12-11-20-38(44)40-24-14-18-33-19-15-26-46(52)49(33)40/h5-31H,1-4H2. The van der Waals surface area contributed by atoms with E-state index in [1.54, 1.807) is 0 Å². The smallest absolute Gasteiger partial charge is 0.0753 e. The van der Waals surface area contributed by atoms with Crippen LogP contribution in [0.1, 0.15) is 44.5 Å². The first-order valence-corrected chi connectivity index (χ1v) is 18.1. The molecule has 0 aliphatic heterocycles. The first kappa shape index (κ1) is 30.9. The number of nitrogens with zero attached hydrogens (tertiary/aromatic N) is 1. The Hall–Kier alpha value is -6.83. The molecule has 1 nitrogen and oxygen atoms in total. The van der Waals surface area contributed by atoms with Crippen LogP contribution in [-0.4, -0.2) is 4.98 Å². The highest BCUT2D eigenvalue weighted by Crippen LogP contribution is 2.62. The lowest BCUT2D eigenvalue weighted by Crippen LogP contribution is -2.31. The summed E-state index contributed by atoms with van der Waals surface area (Å²) in [7, 11) is 0. The number of aromatic nitrogens is 1. The van der Waals surface area contributed by atoms with Gasteiger partial charge < -0.3 is 0 Å². The Balaban J connectivity index is 1.30. The summed E-state index contributed by atoms with van der Waals surface area (Å²) in [4.78, 5) is 5.15. The first-order chi connectivity index (χ1) is 26.1. The summed E-state index contributed by atoms with van der Waals surface area (Å²) in [6.07, 6.45) is 9.72. The van der Waals surface area contributed by atoms with Gasteiger partial charge in [0, 0.05) is 11.8 Å². The third-order valence-electron chi connectivity index (χ3n) is 11.6. The summed E-state index contributed by atoms with van der Waals surface area (Å²) in [5.41, 5.74) is 17.9. The van der Waals surface area contributed by atoms with Crippen molar-refractivity contribution in [1.82, 2.24) is 4.98 Å². The molecule has 2 aliphatic rings. The van der Waals surface area contributed by atoms with Crippen molar-refractivity contribution < 1.29 is 0 Å². The number of hydrogen-bond acceptors (Lipinski definition) is 1. The average molecular weight is 674 g/mol. The van der Waals surface area contributed by atoms with E-state index in [2.05, 4.69) is 160 Å². The Kier molecular flexibility index (Phi) is 6.77. The van der Waals surface area contributed by atoms with Gasteiger partial charge in [-0.1, -0.05) is 172 Å². The minimum Gasteiger partial charge on any atom is -0.256 e. The molecule has 53 heavy (non-hydrogen) atoms. The number of fused-ring (bicyclic) bond motifs is 10. The van der Waals surface area contributed by atoms with Gasteiger partial charge in [-0.25, -0.2) is 0 Å². The Labute approximate surface area is 310 Å². The number of pyridine rings is 1. The van der Waals surface area contributed by atoms with E-state index >= 15 is 0 Å². The predicted octanol–water partition coefficient (Wildman–Crippen LogP) is 13.6.